The van der Waals surface area contributed by atoms with Crippen molar-refractivity contribution in [3.63, 3.8) is 0 Å². The first-order chi connectivity index (χ1) is 6.29. The van der Waals surface area contributed by atoms with Crippen molar-refractivity contribution in [2.24, 2.45) is 0 Å². The molecule has 1 aliphatic rings. The predicted octanol–water partition coefficient (Wildman–Crippen LogP) is 1.59. The van der Waals surface area contributed by atoms with Crippen LogP contribution < -0.4 is 0 Å². The number of rotatable bonds is 5. The number of hydrogen-bond donors (Lipinski definition) is 1. The molecule has 0 aromatic rings. The molecule has 1 heterocycles. The fourth-order valence-electron chi connectivity index (χ4n) is 1.04. The maximum atomic E-state index is 8.98. The Morgan fingerprint density at radius 1 is 1.54 bits per heavy atom. The van der Waals surface area contributed by atoms with E-state index in [1.165, 1.54) is 0 Å². The lowest BCUT2D eigenvalue weighted by Crippen LogP contribution is -2.14. The summed E-state index contributed by atoms with van der Waals surface area (Å²) in [5, 5.41) is 8.98. The van der Waals surface area contributed by atoms with Crippen LogP contribution in [0.2, 0.25) is 0 Å². The van der Waals surface area contributed by atoms with Crippen LogP contribution in [0.15, 0.2) is 24.5 Å². The molecule has 1 aliphatic heterocycles. The predicted molar refractivity (Wildman–Crippen MR) is 50.0 cm³/mol. The Labute approximate surface area is 78.7 Å². The Balaban J connectivity index is 2.00. The number of allylic oxidation sites excluding steroid dienone is 2. The Morgan fingerprint density at radius 3 is 3.00 bits per heavy atom. The van der Waals surface area contributed by atoms with Gasteiger partial charge in [0.25, 0.3) is 0 Å². The van der Waals surface area contributed by atoms with Gasteiger partial charge >= 0.3 is 0 Å². The van der Waals surface area contributed by atoms with E-state index in [1.807, 2.05) is 18.2 Å². The summed E-state index contributed by atoms with van der Waals surface area (Å²) in [7, 11) is 0. The van der Waals surface area contributed by atoms with Gasteiger partial charge in [0.05, 0.1) is 19.0 Å². The first-order valence-electron chi connectivity index (χ1n) is 4.57. The summed E-state index contributed by atoms with van der Waals surface area (Å²) in [6.45, 7) is 2.40. The van der Waals surface area contributed by atoms with Crippen LogP contribution in [-0.4, -0.2) is 24.1 Å². The van der Waals surface area contributed by atoms with E-state index in [0.717, 1.165) is 12.8 Å². The molecule has 13 heavy (non-hydrogen) atoms. The summed E-state index contributed by atoms with van der Waals surface area (Å²) in [4.78, 5) is 0. The average molecular weight is 184 g/mol. The molecule has 0 fully saturated rings. The van der Waals surface area contributed by atoms with Crippen LogP contribution in [-0.2, 0) is 9.47 Å². The molecule has 0 bridgehead atoms. The van der Waals surface area contributed by atoms with Gasteiger partial charge in [0, 0.05) is 0 Å². The lowest BCUT2D eigenvalue weighted by atomic mass is 10.2. The van der Waals surface area contributed by atoms with Crippen molar-refractivity contribution >= 4 is 0 Å². The lowest BCUT2D eigenvalue weighted by Gasteiger charge is -2.15. The third-order valence-corrected chi connectivity index (χ3v) is 1.72. The second-order valence-electron chi connectivity index (χ2n) is 3.08. The molecule has 1 N–H and O–H groups in total. The molecule has 0 saturated carbocycles. The van der Waals surface area contributed by atoms with Gasteiger partial charge in [-0.2, -0.15) is 0 Å². The highest BCUT2D eigenvalue weighted by atomic mass is 16.7. The summed E-state index contributed by atoms with van der Waals surface area (Å²) in [6, 6.07) is 0. The molecule has 3 heteroatoms. The summed E-state index contributed by atoms with van der Waals surface area (Å²) in [5.74, 6) is 0. The van der Waals surface area contributed by atoms with Crippen LogP contribution in [0.5, 0.6) is 0 Å². The summed E-state index contributed by atoms with van der Waals surface area (Å²) in [5.41, 5.74) is 0. The average Bonchev–Trinajstić information content (AvgIpc) is 2.14. The molecule has 0 saturated heterocycles. The van der Waals surface area contributed by atoms with Crippen LogP contribution in [0, 0.1) is 0 Å². The molecular formula is C10H16O3. The second kappa shape index (κ2) is 5.78. The van der Waals surface area contributed by atoms with E-state index in [-0.39, 0.29) is 12.4 Å². The highest BCUT2D eigenvalue weighted by Crippen LogP contribution is 2.05. The van der Waals surface area contributed by atoms with E-state index >= 15 is 0 Å². The van der Waals surface area contributed by atoms with Crippen LogP contribution in [0.1, 0.15) is 19.8 Å². The monoisotopic (exact) mass is 184 g/mol. The van der Waals surface area contributed by atoms with Crippen molar-refractivity contribution < 1.29 is 14.6 Å². The lowest BCUT2D eigenvalue weighted by molar-refractivity contribution is -0.0762. The summed E-state index contributed by atoms with van der Waals surface area (Å²) >= 11 is 0. The number of aliphatic hydroxyl groups excluding tert-OH is 1. The Kier molecular flexibility index (Phi) is 4.57. The first kappa shape index (κ1) is 10.3. The molecule has 0 spiro atoms. The van der Waals surface area contributed by atoms with Gasteiger partial charge in [-0.05, 0) is 31.9 Å². The molecule has 2 atom stereocenters. The molecule has 0 amide bonds. The molecule has 1 rings (SSSR count). The standard InChI is InChI=1S/C10H16O3/c1-9(11)5-4-8-13-10-6-2-3-7-12-10/h2-3,6-7,9-11H,4-5,8H2,1H3. The fourth-order valence-corrected chi connectivity index (χ4v) is 1.04. The number of hydrogen-bond acceptors (Lipinski definition) is 3. The van der Waals surface area contributed by atoms with E-state index in [9.17, 15) is 0 Å². The van der Waals surface area contributed by atoms with Crippen LogP contribution in [0.25, 0.3) is 0 Å². The molecule has 0 radical (unpaired) electrons. The SMILES string of the molecule is CC(O)CCCOC1C=CC=CO1. The largest absolute Gasteiger partial charge is 0.469 e. The van der Waals surface area contributed by atoms with Crippen molar-refractivity contribution in [2.45, 2.75) is 32.2 Å². The van der Waals surface area contributed by atoms with Gasteiger partial charge in [-0.15, -0.1) is 0 Å². The zero-order valence-corrected chi connectivity index (χ0v) is 7.85. The van der Waals surface area contributed by atoms with E-state index in [0.29, 0.717) is 6.61 Å². The van der Waals surface area contributed by atoms with Crippen LogP contribution >= 0.6 is 0 Å². The van der Waals surface area contributed by atoms with Gasteiger partial charge in [-0.3, -0.25) is 0 Å². The van der Waals surface area contributed by atoms with E-state index in [4.69, 9.17) is 14.6 Å². The van der Waals surface area contributed by atoms with Crippen molar-refractivity contribution in [1.82, 2.24) is 0 Å². The van der Waals surface area contributed by atoms with Crippen LogP contribution in [0.4, 0.5) is 0 Å². The maximum absolute atomic E-state index is 8.98. The molecule has 2 unspecified atom stereocenters. The van der Waals surface area contributed by atoms with Gasteiger partial charge in [0.2, 0.25) is 6.29 Å². The van der Waals surface area contributed by atoms with Crippen molar-refractivity contribution in [3.05, 3.63) is 24.5 Å². The molecule has 74 valence electrons. The van der Waals surface area contributed by atoms with Crippen molar-refractivity contribution in [1.29, 1.82) is 0 Å². The minimum Gasteiger partial charge on any atom is -0.469 e. The third-order valence-electron chi connectivity index (χ3n) is 1.72. The zero-order chi connectivity index (χ0) is 9.52. The zero-order valence-electron chi connectivity index (χ0n) is 7.85. The van der Waals surface area contributed by atoms with Gasteiger partial charge < -0.3 is 14.6 Å². The maximum Gasteiger partial charge on any atom is 0.219 e. The Hall–Kier alpha value is -0.800. The van der Waals surface area contributed by atoms with E-state index in [2.05, 4.69) is 0 Å². The highest BCUT2D eigenvalue weighted by molar-refractivity contribution is 5.05. The summed E-state index contributed by atoms with van der Waals surface area (Å²) < 4.78 is 10.5. The van der Waals surface area contributed by atoms with Gasteiger partial charge in [-0.1, -0.05) is 6.08 Å². The molecule has 0 aliphatic carbocycles. The topological polar surface area (TPSA) is 38.7 Å². The van der Waals surface area contributed by atoms with Gasteiger partial charge in [0.15, 0.2) is 0 Å². The third kappa shape index (κ3) is 4.70. The van der Waals surface area contributed by atoms with Crippen molar-refractivity contribution in [2.75, 3.05) is 6.61 Å². The van der Waals surface area contributed by atoms with Gasteiger partial charge in [0.1, 0.15) is 0 Å². The Bertz CT molecular complexity index is 185. The Morgan fingerprint density at radius 2 is 2.38 bits per heavy atom. The smallest absolute Gasteiger partial charge is 0.219 e. The molecular weight excluding hydrogens is 168 g/mol. The van der Waals surface area contributed by atoms with E-state index in [1.54, 1.807) is 13.2 Å². The number of aliphatic hydroxyl groups is 1. The van der Waals surface area contributed by atoms with Crippen molar-refractivity contribution in [3.8, 4) is 0 Å². The highest BCUT2D eigenvalue weighted by Gasteiger charge is 2.05. The van der Waals surface area contributed by atoms with Crippen LogP contribution in [0.3, 0.4) is 0 Å². The normalized spacial score (nSPS) is 22.8. The van der Waals surface area contributed by atoms with Gasteiger partial charge in [-0.25, -0.2) is 0 Å². The molecule has 3 nitrogen and oxygen atoms in total. The fraction of sp³-hybridized carbons (Fsp3) is 0.600. The molecule has 0 aromatic carbocycles. The molecule has 0 aromatic heterocycles. The second-order valence-corrected chi connectivity index (χ2v) is 3.08. The van der Waals surface area contributed by atoms with E-state index < -0.39 is 0 Å². The number of ether oxygens (including phenoxy) is 2. The minimum atomic E-state index is -0.251. The summed E-state index contributed by atoms with van der Waals surface area (Å²) in [6.07, 6.45) is 8.30. The minimum absolute atomic E-state index is 0.244. The first-order valence-corrected chi connectivity index (χ1v) is 4.57. The quantitative estimate of drug-likeness (QED) is 0.659.